The fourth-order valence-electron chi connectivity index (χ4n) is 1.39. The second-order valence-corrected chi connectivity index (χ2v) is 3.22. The van der Waals surface area contributed by atoms with Gasteiger partial charge in [-0.3, -0.25) is 0 Å². The van der Waals surface area contributed by atoms with Gasteiger partial charge >= 0.3 is 6.18 Å². The predicted octanol–water partition coefficient (Wildman–Crippen LogP) is 4.54. The molecule has 0 N–H and O–H groups in total. The average molecular weight is 291 g/mol. The first kappa shape index (κ1) is 18.2. The number of hydrogen-bond acceptors (Lipinski definition) is 3. The normalized spacial score (nSPS) is 10.2. The minimum atomic E-state index is -4.66. The van der Waals surface area contributed by atoms with E-state index in [0.717, 1.165) is 6.07 Å². The molecule has 0 saturated heterocycles. The van der Waals surface area contributed by atoms with Crippen LogP contribution in [0.4, 0.5) is 17.6 Å². The van der Waals surface area contributed by atoms with E-state index in [1.165, 1.54) is 6.92 Å². The van der Waals surface area contributed by atoms with Gasteiger partial charge in [0.1, 0.15) is 11.3 Å². The highest BCUT2D eigenvalue weighted by atomic mass is 19.4. The predicted molar refractivity (Wildman–Crippen MR) is 69.7 cm³/mol. The van der Waals surface area contributed by atoms with E-state index in [2.05, 4.69) is 15.4 Å². The van der Waals surface area contributed by atoms with Gasteiger partial charge in [-0.2, -0.15) is 13.2 Å². The van der Waals surface area contributed by atoms with Crippen molar-refractivity contribution in [1.29, 1.82) is 0 Å². The SMILES string of the molecule is CC.CC.Cc1nnnc2c(C(F)(F)F)cc(F)cc12. The third-order valence-electron chi connectivity index (χ3n) is 2.11. The first-order valence-electron chi connectivity index (χ1n) is 6.26. The Kier molecular flexibility index (Phi) is 7.02. The molecule has 1 aromatic carbocycles. The minimum absolute atomic E-state index is 0.0160. The number of hydrogen-bond donors (Lipinski definition) is 0. The van der Waals surface area contributed by atoms with Crippen LogP contribution >= 0.6 is 0 Å². The first-order chi connectivity index (χ1) is 9.39. The van der Waals surface area contributed by atoms with Gasteiger partial charge in [-0.05, 0) is 24.3 Å². The van der Waals surface area contributed by atoms with E-state index in [0.29, 0.717) is 6.07 Å². The Hall–Kier alpha value is -1.79. The lowest BCUT2D eigenvalue weighted by molar-refractivity contribution is -0.136. The lowest BCUT2D eigenvalue weighted by Gasteiger charge is -2.09. The van der Waals surface area contributed by atoms with Crippen molar-refractivity contribution >= 4 is 10.9 Å². The highest BCUT2D eigenvalue weighted by molar-refractivity contribution is 5.83. The van der Waals surface area contributed by atoms with E-state index >= 15 is 0 Å². The van der Waals surface area contributed by atoms with Crippen molar-refractivity contribution in [1.82, 2.24) is 15.4 Å². The van der Waals surface area contributed by atoms with Crippen LogP contribution in [0.1, 0.15) is 39.0 Å². The van der Waals surface area contributed by atoms with Gasteiger partial charge in [0.15, 0.2) is 0 Å². The van der Waals surface area contributed by atoms with Crippen LogP contribution in [0.3, 0.4) is 0 Å². The highest BCUT2D eigenvalue weighted by Crippen LogP contribution is 2.34. The summed E-state index contributed by atoms with van der Waals surface area (Å²) < 4.78 is 50.8. The molecule has 0 aliphatic heterocycles. The summed E-state index contributed by atoms with van der Waals surface area (Å²) in [6, 6.07) is 1.36. The summed E-state index contributed by atoms with van der Waals surface area (Å²) in [6.45, 7) is 9.44. The molecule has 112 valence electrons. The molecule has 0 fully saturated rings. The number of alkyl halides is 3. The number of nitrogens with zero attached hydrogens (tertiary/aromatic N) is 3. The van der Waals surface area contributed by atoms with Crippen molar-refractivity contribution in [3.05, 3.63) is 29.2 Å². The largest absolute Gasteiger partial charge is 0.418 e. The zero-order chi connectivity index (χ0) is 15.9. The van der Waals surface area contributed by atoms with Crippen LogP contribution < -0.4 is 0 Å². The van der Waals surface area contributed by atoms with E-state index in [9.17, 15) is 17.6 Å². The smallest absolute Gasteiger partial charge is 0.207 e. The van der Waals surface area contributed by atoms with Crippen LogP contribution in [0, 0.1) is 12.7 Å². The molecular formula is C13H17F4N3. The van der Waals surface area contributed by atoms with Gasteiger partial charge < -0.3 is 0 Å². The lowest BCUT2D eigenvalue weighted by atomic mass is 10.1. The molecule has 0 aliphatic carbocycles. The molecule has 2 rings (SSSR count). The Labute approximate surface area is 115 Å². The fourth-order valence-corrected chi connectivity index (χ4v) is 1.39. The van der Waals surface area contributed by atoms with Gasteiger partial charge in [0.05, 0.1) is 11.3 Å². The van der Waals surface area contributed by atoms with Crippen molar-refractivity contribution in [2.75, 3.05) is 0 Å². The second kappa shape index (κ2) is 7.72. The van der Waals surface area contributed by atoms with Crippen molar-refractivity contribution in [2.24, 2.45) is 0 Å². The monoisotopic (exact) mass is 291 g/mol. The molecule has 0 spiro atoms. The van der Waals surface area contributed by atoms with Gasteiger partial charge in [-0.25, -0.2) is 4.39 Å². The van der Waals surface area contributed by atoms with E-state index in [1.807, 2.05) is 27.7 Å². The van der Waals surface area contributed by atoms with Crippen LogP contribution in [0.25, 0.3) is 10.9 Å². The Bertz CT molecular complexity index is 553. The summed E-state index contributed by atoms with van der Waals surface area (Å²) >= 11 is 0. The standard InChI is InChI=1S/C9H5F4N3.2C2H6/c1-4-6-2-5(10)3-7(9(11,12)13)8(6)15-16-14-4;2*1-2/h2-3H,1H3;2*1-2H3. The molecule has 2 aromatic rings. The van der Waals surface area contributed by atoms with Crippen LogP contribution in [0.15, 0.2) is 12.1 Å². The Morgan fingerprint density at radius 3 is 2.00 bits per heavy atom. The molecule has 3 nitrogen and oxygen atoms in total. The first-order valence-corrected chi connectivity index (χ1v) is 6.26. The molecule has 7 heteroatoms. The molecule has 1 aromatic heterocycles. The summed E-state index contributed by atoms with van der Waals surface area (Å²) in [5.74, 6) is -0.974. The number of halogens is 4. The average Bonchev–Trinajstić information content (AvgIpc) is 2.42. The minimum Gasteiger partial charge on any atom is -0.207 e. The molecule has 0 amide bonds. The second-order valence-electron chi connectivity index (χ2n) is 3.22. The Balaban J connectivity index is 0.000000829. The molecule has 0 bridgehead atoms. The van der Waals surface area contributed by atoms with Crippen LogP contribution in [-0.4, -0.2) is 15.4 Å². The van der Waals surface area contributed by atoms with Gasteiger partial charge in [-0.1, -0.05) is 27.7 Å². The number of fused-ring (bicyclic) bond motifs is 1. The summed E-state index contributed by atoms with van der Waals surface area (Å²) in [5, 5.41) is 9.99. The van der Waals surface area contributed by atoms with Crippen molar-refractivity contribution in [2.45, 2.75) is 40.8 Å². The number of rotatable bonds is 0. The van der Waals surface area contributed by atoms with E-state index < -0.39 is 17.6 Å². The third kappa shape index (κ3) is 4.11. The Morgan fingerprint density at radius 1 is 0.950 bits per heavy atom. The number of aromatic nitrogens is 3. The molecular weight excluding hydrogens is 274 g/mol. The molecule has 0 saturated carbocycles. The van der Waals surface area contributed by atoms with Crippen molar-refractivity contribution in [3.8, 4) is 0 Å². The van der Waals surface area contributed by atoms with E-state index in [-0.39, 0.29) is 16.6 Å². The van der Waals surface area contributed by atoms with Crippen molar-refractivity contribution in [3.63, 3.8) is 0 Å². The molecule has 0 unspecified atom stereocenters. The van der Waals surface area contributed by atoms with E-state index in [4.69, 9.17) is 0 Å². The molecule has 1 heterocycles. The maximum absolute atomic E-state index is 13.0. The van der Waals surface area contributed by atoms with Gasteiger partial charge in [0.2, 0.25) is 0 Å². The van der Waals surface area contributed by atoms with Gasteiger partial charge in [-0.15, -0.1) is 10.2 Å². The summed E-state index contributed by atoms with van der Waals surface area (Å²) in [6.07, 6.45) is -4.66. The summed E-state index contributed by atoms with van der Waals surface area (Å²) in [4.78, 5) is 0. The highest BCUT2D eigenvalue weighted by Gasteiger charge is 2.34. The molecule has 20 heavy (non-hydrogen) atoms. The van der Waals surface area contributed by atoms with E-state index in [1.54, 1.807) is 0 Å². The third-order valence-corrected chi connectivity index (χ3v) is 2.11. The maximum Gasteiger partial charge on any atom is 0.418 e. The molecule has 0 atom stereocenters. The van der Waals surface area contributed by atoms with Crippen molar-refractivity contribution < 1.29 is 17.6 Å². The fraction of sp³-hybridized carbons (Fsp3) is 0.462. The van der Waals surface area contributed by atoms with Crippen LogP contribution in [-0.2, 0) is 6.18 Å². The summed E-state index contributed by atoms with van der Waals surface area (Å²) in [7, 11) is 0. The summed E-state index contributed by atoms with van der Waals surface area (Å²) in [5.41, 5.74) is -1.32. The lowest BCUT2D eigenvalue weighted by Crippen LogP contribution is -2.09. The number of aryl methyl sites for hydroxylation is 1. The van der Waals surface area contributed by atoms with Crippen LogP contribution in [0.5, 0.6) is 0 Å². The topological polar surface area (TPSA) is 38.7 Å². The maximum atomic E-state index is 13.0. The van der Waals surface area contributed by atoms with Gasteiger partial charge in [0, 0.05) is 5.39 Å². The van der Waals surface area contributed by atoms with Gasteiger partial charge in [0.25, 0.3) is 0 Å². The zero-order valence-electron chi connectivity index (χ0n) is 12.0. The van der Waals surface area contributed by atoms with Crippen LogP contribution in [0.2, 0.25) is 0 Å². The number of benzene rings is 1. The zero-order valence-corrected chi connectivity index (χ0v) is 12.0. The molecule has 0 radical (unpaired) electrons. The molecule has 0 aliphatic rings. The Morgan fingerprint density at radius 2 is 1.50 bits per heavy atom. The quantitative estimate of drug-likeness (QED) is 0.669.